The van der Waals surface area contributed by atoms with Crippen molar-refractivity contribution in [1.29, 1.82) is 0 Å². The summed E-state index contributed by atoms with van der Waals surface area (Å²) in [7, 11) is 0. The van der Waals surface area contributed by atoms with Crippen LogP contribution in [0.5, 0.6) is 5.75 Å². The molecular weight excluding hydrogens is 262 g/mol. The minimum Gasteiger partial charge on any atom is -0.489 e. The molecule has 0 heterocycles. The molecule has 0 saturated heterocycles. The quantitative estimate of drug-likeness (QED) is 0.815. The van der Waals surface area contributed by atoms with Crippen molar-refractivity contribution in [2.45, 2.75) is 40.2 Å². The number of benzene rings is 1. The topological polar surface area (TPSA) is 38.3 Å². The Morgan fingerprint density at radius 1 is 1.37 bits per heavy atom. The Morgan fingerprint density at radius 2 is 2.05 bits per heavy atom. The summed E-state index contributed by atoms with van der Waals surface area (Å²) in [4.78, 5) is 11.3. The highest BCUT2D eigenvalue weighted by Crippen LogP contribution is 2.24. The third-order valence-electron chi connectivity index (χ3n) is 3.00. The molecule has 1 aromatic carbocycles. The molecule has 0 radical (unpaired) electrons. The fourth-order valence-electron chi connectivity index (χ4n) is 1.81. The van der Waals surface area contributed by atoms with E-state index in [0.717, 1.165) is 11.3 Å². The number of halogens is 1. The Balaban J connectivity index is 2.57. The summed E-state index contributed by atoms with van der Waals surface area (Å²) >= 11 is 5.51. The van der Waals surface area contributed by atoms with E-state index in [9.17, 15) is 4.79 Å². The SMILES string of the molecule is Cc1cc(C)c(C)c(OC(C)CNC(=O)CCCl)c1. The molecule has 0 saturated carbocycles. The lowest BCUT2D eigenvalue weighted by molar-refractivity contribution is -0.121. The van der Waals surface area contributed by atoms with Crippen molar-refractivity contribution in [2.24, 2.45) is 0 Å². The van der Waals surface area contributed by atoms with Gasteiger partial charge in [0.25, 0.3) is 0 Å². The van der Waals surface area contributed by atoms with Gasteiger partial charge < -0.3 is 10.1 Å². The maximum absolute atomic E-state index is 11.3. The minimum absolute atomic E-state index is 0.0393. The average Bonchev–Trinajstić information content (AvgIpc) is 2.33. The van der Waals surface area contributed by atoms with Gasteiger partial charge in [-0.1, -0.05) is 6.07 Å². The Labute approximate surface area is 120 Å². The Hall–Kier alpha value is -1.22. The van der Waals surface area contributed by atoms with Crippen molar-refractivity contribution in [3.05, 3.63) is 28.8 Å². The summed E-state index contributed by atoms with van der Waals surface area (Å²) in [5.74, 6) is 1.19. The highest BCUT2D eigenvalue weighted by molar-refractivity contribution is 6.18. The van der Waals surface area contributed by atoms with E-state index in [4.69, 9.17) is 16.3 Å². The smallest absolute Gasteiger partial charge is 0.221 e. The zero-order chi connectivity index (χ0) is 14.4. The summed E-state index contributed by atoms with van der Waals surface area (Å²) in [5.41, 5.74) is 3.54. The summed E-state index contributed by atoms with van der Waals surface area (Å²) in [5, 5.41) is 2.80. The number of nitrogens with one attached hydrogen (secondary N) is 1. The molecule has 19 heavy (non-hydrogen) atoms. The van der Waals surface area contributed by atoms with Gasteiger partial charge in [0.1, 0.15) is 11.9 Å². The number of hydrogen-bond acceptors (Lipinski definition) is 2. The number of rotatable bonds is 6. The van der Waals surface area contributed by atoms with Gasteiger partial charge in [-0.3, -0.25) is 4.79 Å². The van der Waals surface area contributed by atoms with Gasteiger partial charge in [-0.15, -0.1) is 11.6 Å². The molecule has 1 aromatic rings. The van der Waals surface area contributed by atoms with E-state index in [2.05, 4.69) is 18.3 Å². The van der Waals surface area contributed by atoms with Crippen LogP contribution in [0.4, 0.5) is 0 Å². The highest BCUT2D eigenvalue weighted by atomic mass is 35.5. The summed E-state index contributed by atoms with van der Waals surface area (Å²) in [6, 6.07) is 4.16. The lowest BCUT2D eigenvalue weighted by Gasteiger charge is -2.18. The van der Waals surface area contributed by atoms with E-state index in [0.29, 0.717) is 18.8 Å². The minimum atomic E-state index is -0.0702. The van der Waals surface area contributed by atoms with Crippen molar-refractivity contribution in [2.75, 3.05) is 12.4 Å². The number of aryl methyl sites for hydroxylation is 2. The van der Waals surface area contributed by atoms with Crippen LogP contribution >= 0.6 is 11.6 Å². The zero-order valence-electron chi connectivity index (χ0n) is 12.0. The van der Waals surface area contributed by atoms with Crippen LogP contribution in [-0.4, -0.2) is 24.4 Å². The number of carbonyl (C=O) groups is 1. The van der Waals surface area contributed by atoms with E-state index in [-0.39, 0.29) is 12.0 Å². The molecular formula is C15H22ClNO2. The fraction of sp³-hybridized carbons (Fsp3) is 0.533. The molecule has 3 nitrogen and oxygen atoms in total. The van der Waals surface area contributed by atoms with Crippen molar-refractivity contribution in [1.82, 2.24) is 5.32 Å². The number of alkyl halides is 1. The Bertz CT molecular complexity index is 446. The van der Waals surface area contributed by atoms with Crippen LogP contribution in [0.3, 0.4) is 0 Å². The number of hydrogen-bond donors (Lipinski definition) is 1. The van der Waals surface area contributed by atoms with E-state index in [1.807, 2.05) is 26.8 Å². The molecule has 0 bridgehead atoms. The van der Waals surface area contributed by atoms with Gasteiger partial charge in [0, 0.05) is 12.3 Å². The maximum Gasteiger partial charge on any atom is 0.221 e. The molecule has 0 aromatic heterocycles. The van der Waals surface area contributed by atoms with Crippen molar-refractivity contribution in [3.63, 3.8) is 0 Å². The van der Waals surface area contributed by atoms with Gasteiger partial charge >= 0.3 is 0 Å². The third kappa shape index (κ3) is 5.11. The molecule has 1 N–H and O–H groups in total. The second-order valence-corrected chi connectivity index (χ2v) is 5.25. The highest BCUT2D eigenvalue weighted by Gasteiger charge is 2.10. The standard InChI is InChI=1S/C15H22ClNO2/c1-10-7-11(2)13(4)14(8-10)19-12(3)9-17-15(18)5-6-16/h7-8,12H,5-6,9H2,1-4H3,(H,17,18). The summed E-state index contributed by atoms with van der Waals surface area (Å²) < 4.78 is 5.89. The van der Waals surface area contributed by atoms with E-state index >= 15 is 0 Å². The molecule has 0 spiro atoms. The van der Waals surface area contributed by atoms with Gasteiger partial charge in [0.2, 0.25) is 5.91 Å². The molecule has 0 aliphatic rings. The third-order valence-corrected chi connectivity index (χ3v) is 3.19. The molecule has 1 atom stereocenters. The number of amides is 1. The lowest BCUT2D eigenvalue weighted by atomic mass is 10.1. The van der Waals surface area contributed by atoms with Crippen LogP contribution in [0.25, 0.3) is 0 Å². The van der Waals surface area contributed by atoms with Gasteiger partial charge in [0.15, 0.2) is 0 Å². The van der Waals surface area contributed by atoms with E-state index < -0.39 is 0 Å². The maximum atomic E-state index is 11.3. The molecule has 106 valence electrons. The predicted molar refractivity (Wildman–Crippen MR) is 79.1 cm³/mol. The second-order valence-electron chi connectivity index (χ2n) is 4.88. The number of carbonyl (C=O) groups excluding carboxylic acids is 1. The van der Waals surface area contributed by atoms with Crippen LogP contribution in [0.2, 0.25) is 0 Å². The predicted octanol–water partition coefficient (Wildman–Crippen LogP) is 3.12. The van der Waals surface area contributed by atoms with Crippen molar-refractivity contribution < 1.29 is 9.53 Å². The van der Waals surface area contributed by atoms with Crippen LogP contribution < -0.4 is 10.1 Å². The zero-order valence-corrected chi connectivity index (χ0v) is 12.8. The van der Waals surface area contributed by atoms with Gasteiger partial charge in [0.05, 0.1) is 6.54 Å². The summed E-state index contributed by atoms with van der Waals surface area (Å²) in [6.07, 6.45) is 0.274. The largest absolute Gasteiger partial charge is 0.489 e. The molecule has 0 fully saturated rings. The van der Waals surface area contributed by atoms with E-state index in [1.165, 1.54) is 11.1 Å². The monoisotopic (exact) mass is 283 g/mol. The van der Waals surface area contributed by atoms with E-state index in [1.54, 1.807) is 0 Å². The van der Waals surface area contributed by atoms with Gasteiger partial charge in [-0.05, 0) is 50.5 Å². The number of ether oxygens (including phenoxy) is 1. The second kappa shape index (κ2) is 7.39. The van der Waals surface area contributed by atoms with Crippen LogP contribution in [-0.2, 0) is 4.79 Å². The van der Waals surface area contributed by atoms with Crippen molar-refractivity contribution >= 4 is 17.5 Å². The van der Waals surface area contributed by atoms with Gasteiger partial charge in [-0.25, -0.2) is 0 Å². The first-order chi connectivity index (χ1) is 8.93. The molecule has 0 aliphatic heterocycles. The first kappa shape index (κ1) is 15.8. The van der Waals surface area contributed by atoms with Crippen LogP contribution in [0, 0.1) is 20.8 Å². The van der Waals surface area contributed by atoms with Gasteiger partial charge in [-0.2, -0.15) is 0 Å². The molecule has 1 unspecified atom stereocenters. The first-order valence-electron chi connectivity index (χ1n) is 6.51. The molecule has 1 rings (SSSR count). The van der Waals surface area contributed by atoms with Crippen LogP contribution in [0.15, 0.2) is 12.1 Å². The average molecular weight is 284 g/mol. The molecule has 1 amide bonds. The molecule has 0 aliphatic carbocycles. The lowest BCUT2D eigenvalue weighted by Crippen LogP contribution is -2.33. The molecule has 4 heteroatoms. The Morgan fingerprint density at radius 3 is 2.68 bits per heavy atom. The van der Waals surface area contributed by atoms with Crippen LogP contribution in [0.1, 0.15) is 30.0 Å². The first-order valence-corrected chi connectivity index (χ1v) is 7.04. The Kier molecular flexibility index (Phi) is 6.16. The fourth-order valence-corrected chi connectivity index (χ4v) is 1.99. The normalized spacial score (nSPS) is 12.1. The van der Waals surface area contributed by atoms with Crippen molar-refractivity contribution in [3.8, 4) is 5.75 Å². The summed E-state index contributed by atoms with van der Waals surface area (Å²) in [6.45, 7) is 8.59.